The van der Waals surface area contributed by atoms with Crippen LogP contribution in [-0.4, -0.2) is 42.0 Å². The van der Waals surface area contributed by atoms with E-state index >= 15 is 0 Å². The van der Waals surface area contributed by atoms with Gasteiger partial charge in [0.2, 0.25) is 5.95 Å². The number of pyridine rings is 1. The van der Waals surface area contributed by atoms with Gasteiger partial charge in [-0.3, -0.25) is 4.79 Å². The first-order chi connectivity index (χ1) is 8.16. The number of carbonyl (C=O) groups excluding carboxylic acids is 1. The van der Waals surface area contributed by atoms with Crippen molar-refractivity contribution in [3.63, 3.8) is 0 Å². The van der Waals surface area contributed by atoms with E-state index < -0.39 is 5.95 Å². The van der Waals surface area contributed by atoms with E-state index in [4.69, 9.17) is 0 Å². The number of nitrogens with one attached hydrogen (secondary N) is 1. The Hall–Kier alpha value is -1.49. The number of piperidine rings is 1. The second-order valence-electron chi connectivity index (χ2n) is 4.42. The highest BCUT2D eigenvalue weighted by molar-refractivity contribution is 5.94. The second kappa shape index (κ2) is 5.23. The summed E-state index contributed by atoms with van der Waals surface area (Å²) in [6.07, 6.45) is 3.33. The van der Waals surface area contributed by atoms with E-state index in [2.05, 4.69) is 15.2 Å². The third kappa shape index (κ3) is 3.00. The molecule has 0 bridgehead atoms. The summed E-state index contributed by atoms with van der Waals surface area (Å²) in [7, 11) is 2.02. The van der Waals surface area contributed by atoms with Crippen LogP contribution in [0.5, 0.6) is 0 Å². The van der Waals surface area contributed by atoms with E-state index in [1.54, 1.807) is 6.07 Å². The molecular weight excluding hydrogens is 221 g/mol. The minimum atomic E-state index is -0.714. The van der Waals surface area contributed by atoms with Crippen molar-refractivity contribution < 1.29 is 9.18 Å². The van der Waals surface area contributed by atoms with Crippen molar-refractivity contribution in [2.24, 2.45) is 0 Å². The van der Waals surface area contributed by atoms with Crippen molar-refractivity contribution in [1.82, 2.24) is 15.2 Å². The highest BCUT2D eigenvalue weighted by Gasteiger charge is 2.21. The summed E-state index contributed by atoms with van der Waals surface area (Å²) in [5.74, 6) is -1.09. The zero-order valence-corrected chi connectivity index (χ0v) is 9.82. The van der Waals surface area contributed by atoms with E-state index in [1.807, 2.05) is 7.05 Å². The fourth-order valence-electron chi connectivity index (χ4n) is 2.10. The SMILES string of the molecule is CN1CCCC(NC(=O)c2cccnc2F)C1. The second-order valence-corrected chi connectivity index (χ2v) is 4.42. The first-order valence-corrected chi connectivity index (χ1v) is 5.77. The molecule has 2 rings (SSSR count). The molecule has 1 fully saturated rings. The number of hydrogen-bond donors (Lipinski definition) is 1. The summed E-state index contributed by atoms with van der Waals surface area (Å²) in [4.78, 5) is 17.5. The number of amides is 1. The standard InChI is InChI=1S/C12H16FN3O/c1-16-7-3-4-9(8-16)15-12(17)10-5-2-6-14-11(10)13/h2,5-6,9H,3-4,7-8H2,1H3,(H,15,17). The van der Waals surface area contributed by atoms with E-state index in [0.717, 1.165) is 25.9 Å². The van der Waals surface area contributed by atoms with E-state index in [-0.39, 0.29) is 17.5 Å². The number of rotatable bonds is 2. The predicted molar refractivity (Wildman–Crippen MR) is 62.2 cm³/mol. The molecule has 0 radical (unpaired) electrons. The van der Waals surface area contributed by atoms with Gasteiger partial charge < -0.3 is 10.2 Å². The minimum Gasteiger partial charge on any atom is -0.348 e. The van der Waals surface area contributed by atoms with Crippen LogP contribution in [-0.2, 0) is 0 Å². The Morgan fingerprint density at radius 3 is 3.18 bits per heavy atom. The third-order valence-electron chi connectivity index (χ3n) is 2.96. The number of hydrogen-bond acceptors (Lipinski definition) is 3. The highest BCUT2D eigenvalue weighted by atomic mass is 19.1. The van der Waals surface area contributed by atoms with Crippen LogP contribution >= 0.6 is 0 Å². The molecule has 1 saturated heterocycles. The molecular formula is C12H16FN3O. The molecule has 1 aromatic rings. The van der Waals surface area contributed by atoms with Gasteiger partial charge in [0.1, 0.15) is 0 Å². The van der Waals surface area contributed by atoms with Crippen LogP contribution in [0.3, 0.4) is 0 Å². The zero-order valence-electron chi connectivity index (χ0n) is 9.82. The van der Waals surface area contributed by atoms with Crippen LogP contribution in [0.4, 0.5) is 4.39 Å². The van der Waals surface area contributed by atoms with E-state index in [0.29, 0.717) is 0 Å². The molecule has 1 unspecified atom stereocenters. The van der Waals surface area contributed by atoms with Gasteiger partial charge in [-0.2, -0.15) is 4.39 Å². The molecule has 0 aromatic carbocycles. The summed E-state index contributed by atoms with van der Waals surface area (Å²) in [5.41, 5.74) is 0.0146. The monoisotopic (exact) mass is 237 g/mol. The molecule has 4 nitrogen and oxygen atoms in total. The fraction of sp³-hybridized carbons (Fsp3) is 0.500. The Balaban J connectivity index is 1.99. The van der Waals surface area contributed by atoms with Gasteiger partial charge in [0.25, 0.3) is 5.91 Å². The quantitative estimate of drug-likeness (QED) is 0.782. The Kier molecular flexibility index (Phi) is 3.68. The van der Waals surface area contributed by atoms with E-state index in [1.165, 1.54) is 12.3 Å². The lowest BCUT2D eigenvalue weighted by Crippen LogP contribution is -2.46. The highest BCUT2D eigenvalue weighted by Crippen LogP contribution is 2.10. The number of carbonyl (C=O) groups is 1. The summed E-state index contributed by atoms with van der Waals surface area (Å²) in [6, 6.07) is 3.11. The maximum Gasteiger partial charge on any atom is 0.256 e. The molecule has 2 heterocycles. The van der Waals surface area contributed by atoms with Crippen LogP contribution in [0.2, 0.25) is 0 Å². The molecule has 17 heavy (non-hydrogen) atoms. The van der Waals surface area contributed by atoms with Gasteiger partial charge in [-0.15, -0.1) is 0 Å². The van der Waals surface area contributed by atoms with Crippen LogP contribution < -0.4 is 5.32 Å². The normalized spacial score (nSPS) is 21.2. The average molecular weight is 237 g/mol. The maximum atomic E-state index is 13.3. The number of likely N-dealkylation sites (tertiary alicyclic amines) is 1. The Bertz CT molecular complexity index is 410. The lowest BCUT2D eigenvalue weighted by molar-refractivity contribution is 0.0907. The largest absolute Gasteiger partial charge is 0.348 e. The number of likely N-dealkylation sites (N-methyl/N-ethyl adjacent to an activating group) is 1. The van der Waals surface area contributed by atoms with Crippen molar-refractivity contribution in [1.29, 1.82) is 0 Å². The van der Waals surface area contributed by atoms with Gasteiger partial charge in [-0.25, -0.2) is 4.98 Å². The Morgan fingerprint density at radius 1 is 1.65 bits per heavy atom. The van der Waals surface area contributed by atoms with Gasteiger partial charge in [0.15, 0.2) is 0 Å². The van der Waals surface area contributed by atoms with Crippen molar-refractivity contribution in [2.75, 3.05) is 20.1 Å². The van der Waals surface area contributed by atoms with Crippen molar-refractivity contribution in [2.45, 2.75) is 18.9 Å². The molecule has 1 aliphatic rings. The molecule has 92 valence electrons. The lowest BCUT2D eigenvalue weighted by Gasteiger charge is -2.30. The first kappa shape index (κ1) is 12.0. The molecule has 0 saturated carbocycles. The molecule has 0 spiro atoms. The maximum absolute atomic E-state index is 13.3. The predicted octanol–water partition coefficient (Wildman–Crippen LogP) is 1.04. The molecule has 1 aromatic heterocycles. The molecule has 1 atom stereocenters. The van der Waals surface area contributed by atoms with E-state index in [9.17, 15) is 9.18 Å². The van der Waals surface area contributed by atoms with Crippen LogP contribution in [0, 0.1) is 5.95 Å². The van der Waals surface area contributed by atoms with Gasteiger partial charge in [0.05, 0.1) is 5.56 Å². The number of nitrogens with zero attached hydrogens (tertiary/aromatic N) is 2. The molecule has 5 heteroatoms. The Labute approximate surface area is 99.8 Å². The van der Waals surface area contributed by atoms with Crippen LogP contribution in [0.1, 0.15) is 23.2 Å². The smallest absolute Gasteiger partial charge is 0.256 e. The molecule has 1 amide bonds. The van der Waals surface area contributed by atoms with Crippen molar-refractivity contribution in [3.05, 3.63) is 29.8 Å². The number of aromatic nitrogens is 1. The summed E-state index contributed by atoms with van der Waals surface area (Å²) in [5, 5.41) is 2.85. The first-order valence-electron chi connectivity index (χ1n) is 5.77. The summed E-state index contributed by atoms with van der Waals surface area (Å²) < 4.78 is 13.3. The van der Waals surface area contributed by atoms with Gasteiger partial charge in [-0.1, -0.05) is 0 Å². The molecule has 0 aliphatic carbocycles. The summed E-state index contributed by atoms with van der Waals surface area (Å²) >= 11 is 0. The van der Waals surface area contributed by atoms with Crippen LogP contribution in [0.15, 0.2) is 18.3 Å². The van der Waals surface area contributed by atoms with Crippen molar-refractivity contribution >= 4 is 5.91 Å². The Morgan fingerprint density at radius 2 is 2.47 bits per heavy atom. The number of halogens is 1. The zero-order chi connectivity index (χ0) is 12.3. The summed E-state index contributed by atoms with van der Waals surface area (Å²) in [6.45, 7) is 1.86. The average Bonchev–Trinajstić information content (AvgIpc) is 2.29. The van der Waals surface area contributed by atoms with Crippen molar-refractivity contribution in [3.8, 4) is 0 Å². The van der Waals surface area contributed by atoms with Gasteiger partial charge in [0, 0.05) is 18.8 Å². The lowest BCUT2D eigenvalue weighted by atomic mass is 10.1. The minimum absolute atomic E-state index is 0.0146. The van der Waals surface area contributed by atoms with Gasteiger partial charge >= 0.3 is 0 Å². The topological polar surface area (TPSA) is 45.2 Å². The molecule has 1 aliphatic heterocycles. The van der Waals surface area contributed by atoms with Gasteiger partial charge in [-0.05, 0) is 38.6 Å². The van der Waals surface area contributed by atoms with Crippen LogP contribution in [0.25, 0.3) is 0 Å². The molecule has 1 N–H and O–H groups in total. The third-order valence-corrected chi connectivity index (χ3v) is 2.96. The fourth-order valence-corrected chi connectivity index (χ4v) is 2.10.